The van der Waals surface area contributed by atoms with Crippen molar-refractivity contribution in [1.82, 2.24) is 5.32 Å². The lowest BCUT2D eigenvalue weighted by atomic mass is 9.88. The molecule has 4 aliphatic rings. The summed E-state index contributed by atoms with van der Waals surface area (Å²) in [5.41, 5.74) is 2.78. The molecule has 9 nitrogen and oxygen atoms in total. The quantitative estimate of drug-likeness (QED) is 0.491. The topological polar surface area (TPSA) is 95.6 Å². The van der Waals surface area contributed by atoms with Gasteiger partial charge < -0.3 is 33.9 Å². The van der Waals surface area contributed by atoms with Crippen molar-refractivity contribution < 1.29 is 33.3 Å². The maximum Gasteiger partial charge on any atom is 0.329 e. The Bertz CT molecular complexity index is 1230. The Morgan fingerprint density at radius 3 is 2.59 bits per heavy atom. The number of hydrogen-bond donors (Lipinski definition) is 1. The molecule has 2 aromatic carbocycles. The number of carbonyl (C=O) groups is 2. The van der Waals surface area contributed by atoms with Gasteiger partial charge in [0.1, 0.15) is 24.9 Å². The smallest absolute Gasteiger partial charge is 0.329 e. The van der Waals surface area contributed by atoms with Crippen LogP contribution in [0.4, 0.5) is 5.69 Å². The number of esters is 1. The zero-order valence-corrected chi connectivity index (χ0v) is 20.8. The molecule has 0 saturated carbocycles. The second-order valence-corrected chi connectivity index (χ2v) is 10.1. The van der Waals surface area contributed by atoms with Crippen LogP contribution >= 0.6 is 0 Å². The van der Waals surface area contributed by atoms with Gasteiger partial charge in [-0.1, -0.05) is 36.4 Å². The summed E-state index contributed by atoms with van der Waals surface area (Å²) in [5.74, 6) is -0.212. The zero-order valence-electron chi connectivity index (χ0n) is 20.8. The summed E-state index contributed by atoms with van der Waals surface area (Å²) in [4.78, 5) is 28.4. The van der Waals surface area contributed by atoms with Gasteiger partial charge in [-0.2, -0.15) is 0 Å². The van der Waals surface area contributed by atoms with Gasteiger partial charge in [0.2, 0.25) is 12.7 Å². The molecule has 6 rings (SSSR count). The first-order valence-corrected chi connectivity index (χ1v) is 12.6. The number of rotatable bonds is 2. The summed E-state index contributed by atoms with van der Waals surface area (Å²) < 4.78 is 29.5. The third kappa shape index (κ3) is 4.65. The average Bonchev–Trinajstić information content (AvgIpc) is 3.46. The Morgan fingerprint density at radius 2 is 1.78 bits per heavy atom. The van der Waals surface area contributed by atoms with Gasteiger partial charge in [0.25, 0.3) is 0 Å². The van der Waals surface area contributed by atoms with Crippen LogP contribution in [-0.4, -0.2) is 55.8 Å². The van der Waals surface area contributed by atoms with Gasteiger partial charge in [-0.05, 0) is 31.6 Å². The molecule has 9 heteroatoms. The third-order valence-corrected chi connectivity index (χ3v) is 7.13. The van der Waals surface area contributed by atoms with E-state index in [4.69, 9.17) is 23.7 Å². The van der Waals surface area contributed by atoms with Crippen LogP contribution in [-0.2, 0) is 30.2 Å². The van der Waals surface area contributed by atoms with Crippen LogP contribution < -0.4 is 19.7 Å². The van der Waals surface area contributed by atoms with Crippen LogP contribution in [0, 0.1) is 0 Å². The van der Waals surface area contributed by atoms with Gasteiger partial charge in [0, 0.05) is 36.7 Å². The molecule has 0 radical (unpaired) electrons. The highest BCUT2D eigenvalue weighted by Gasteiger charge is 2.52. The van der Waals surface area contributed by atoms with Crippen LogP contribution in [0.15, 0.2) is 54.6 Å². The van der Waals surface area contributed by atoms with Crippen molar-refractivity contribution in [3.63, 3.8) is 0 Å². The second kappa shape index (κ2) is 9.39. The molecule has 1 N–H and O–H groups in total. The van der Waals surface area contributed by atoms with Crippen LogP contribution in [0.2, 0.25) is 0 Å². The first-order valence-electron chi connectivity index (χ1n) is 12.6. The Balaban J connectivity index is 1.35. The molecule has 0 unspecified atom stereocenters. The van der Waals surface area contributed by atoms with E-state index in [9.17, 15) is 9.59 Å². The van der Waals surface area contributed by atoms with Crippen LogP contribution in [0.1, 0.15) is 37.5 Å². The van der Waals surface area contributed by atoms with E-state index in [1.165, 1.54) is 0 Å². The van der Waals surface area contributed by atoms with Gasteiger partial charge in [-0.3, -0.25) is 4.79 Å². The molecular formula is C28H30N2O7. The molecule has 1 fully saturated rings. The minimum absolute atomic E-state index is 0.112. The van der Waals surface area contributed by atoms with Crippen molar-refractivity contribution in [1.29, 1.82) is 0 Å². The number of fused-ring (bicyclic) bond motifs is 7. The van der Waals surface area contributed by atoms with E-state index in [-0.39, 0.29) is 37.9 Å². The minimum atomic E-state index is -0.825. The molecule has 0 aliphatic carbocycles. The molecular weight excluding hydrogens is 476 g/mol. The second-order valence-electron chi connectivity index (χ2n) is 10.1. The minimum Gasteiger partial charge on any atom is -0.460 e. The number of amides is 1. The molecule has 4 heterocycles. The number of nitrogens with one attached hydrogen (secondary N) is 1. The van der Waals surface area contributed by atoms with Crippen molar-refractivity contribution in [2.45, 2.75) is 56.8 Å². The molecule has 194 valence electrons. The summed E-state index contributed by atoms with van der Waals surface area (Å²) in [5, 5.41) is 2.93. The fourth-order valence-electron chi connectivity index (χ4n) is 5.52. The van der Waals surface area contributed by atoms with Crippen molar-refractivity contribution >= 4 is 17.6 Å². The molecule has 37 heavy (non-hydrogen) atoms. The summed E-state index contributed by atoms with van der Waals surface area (Å²) >= 11 is 0. The Labute approximate surface area is 215 Å². The number of benzene rings is 2. The highest BCUT2D eigenvalue weighted by molar-refractivity contribution is 5.85. The van der Waals surface area contributed by atoms with Crippen molar-refractivity contribution in [2.75, 3.05) is 24.8 Å². The lowest BCUT2D eigenvalue weighted by Crippen LogP contribution is -2.53. The van der Waals surface area contributed by atoms with E-state index in [0.717, 1.165) is 16.8 Å². The van der Waals surface area contributed by atoms with E-state index in [1.54, 1.807) is 0 Å². The Hall–Kier alpha value is -3.56. The molecule has 0 bridgehead atoms. The fourth-order valence-corrected chi connectivity index (χ4v) is 5.52. The number of nitrogens with zero attached hydrogens (tertiary/aromatic N) is 1. The lowest BCUT2D eigenvalue weighted by Gasteiger charge is -2.43. The number of anilines is 1. The Kier molecular flexibility index (Phi) is 6.04. The lowest BCUT2D eigenvalue weighted by molar-refractivity contribution is -0.149. The molecule has 0 aromatic heterocycles. The van der Waals surface area contributed by atoms with Gasteiger partial charge >= 0.3 is 5.97 Å². The first kappa shape index (κ1) is 23.8. The normalized spacial score (nSPS) is 29.1. The molecule has 4 atom stereocenters. The molecule has 0 spiro atoms. The van der Waals surface area contributed by atoms with Gasteiger partial charge in [0.05, 0.1) is 6.04 Å². The van der Waals surface area contributed by atoms with E-state index < -0.39 is 23.9 Å². The predicted octanol–water partition coefficient (Wildman–Crippen LogP) is 3.03. The zero-order chi connectivity index (χ0) is 25.6. The maximum atomic E-state index is 13.4. The van der Waals surface area contributed by atoms with Crippen LogP contribution in [0.3, 0.4) is 0 Å². The predicted molar refractivity (Wildman–Crippen MR) is 133 cm³/mol. The van der Waals surface area contributed by atoms with Gasteiger partial charge in [-0.15, -0.1) is 0 Å². The molecule has 1 saturated heterocycles. The van der Waals surface area contributed by atoms with Crippen molar-refractivity contribution in [2.24, 2.45) is 0 Å². The van der Waals surface area contributed by atoms with Crippen LogP contribution in [0.25, 0.3) is 0 Å². The van der Waals surface area contributed by atoms with Crippen molar-refractivity contribution in [3.05, 3.63) is 65.7 Å². The SMILES string of the molecule is CC1(C)O[C@@H]2[C@@H](O1)c1cc3c(cc1N1C/C=C\COC(=O)[C@H](Cc4ccccc4)NC(=O)C[C@@H]21)OCO3. The van der Waals surface area contributed by atoms with Crippen molar-refractivity contribution in [3.8, 4) is 11.5 Å². The number of hydrogen-bond acceptors (Lipinski definition) is 8. The highest BCUT2D eigenvalue weighted by Crippen LogP contribution is 2.52. The van der Waals surface area contributed by atoms with E-state index in [2.05, 4.69) is 10.2 Å². The summed E-state index contributed by atoms with van der Waals surface area (Å²) in [7, 11) is 0. The monoisotopic (exact) mass is 506 g/mol. The summed E-state index contributed by atoms with van der Waals surface area (Å²) in [6.45, 7) is 4.52. The van der Waals surface area contributed by atoms with Gasteiger partial charge in [-0.25, -0.2) is 4.79 Å². The Morgan fingerprint density at radius 1 is 1.00 bits per heavy atom. The van der Waals surface area contributed by atoms with Gasteiger partial charge in [0.15, 0.2) is 17.3 Å². The highest BCUT2D eigenvalue weighted by atomic mass is 16.8. The molecule has 2 aromatic rings. The standard InChI is InChI=1S/C28H30N2O7/c1-28(2)36-25-18-13-22-23(35-16-34-22)14-20(18)30-10-6-7-11-33-27(32)19(12-17-8-4-3-5-9-17)29-24(31)15-21(30)26(25)37-28/h3-9,13-14,19,21,25-26H,10-12,15-16H2,1-2H3,(H,29,31)/b7-6-/t19-,21-,25-,26-/m0/s1. The maximum absolute atomic E-state index is 13.4. The molecule has 1 amide bonds. The van der Waals surface area contributed by atoms with E-state index in [1.807, 2.05) is 68.5 Å². The van der Waals surface area contributed by atoms with E-state index >= 15 is 0 Å². The average molecular weight is 507 g/mol. The summed E-state index contributed by atoms with van der Waals surface area (Å²) in [6.07, 6.45) is 3.45. The number of carbonyl (C=O) groups excluding carboxylic acids is 2. The number of cyclic esters (lactones) is 1. The number of ether oxygens (including phenoxy) is 5. The third-order valence-electron chi connectivity index (χ3n) is 7.13. The largest absolute Gasteiger partial charge is 0.460 e. The fraction of sp³-hybridized carbons (Fsp3) is 0.429. The first-order chi connectivity index (χ1) is 17.9. The summed E-state index contributed by atoms with van der Waals surface area (Å²) in [6, 6.07) is 12.3. The molecule has 4 aliphatic heterocycles. The van der Waals surface area contributed by atoms with E-state index in [0.29, 0.717) is 24.5 Å². The van der Waals surface area contributed by atoms with Crippen LogP contribution in [0.5, 0.6) is 11.5 Å².